The first-order valence-electron chi connectivity index (χ1n) is 6.84. The maximum Gasteiger partial charge on any atom is 0.246 e. The third-order valence-electron chi connectivity index (χ3n) is 3.52. The molecule has 5 nitrogen and oxygen atoms in total. The lowest BCUT2D eigenvalue weighted by Gasteiger charge is -2.18. The standard InChI is InChI=1S/C15H18N2O3.ClH/c16-12-5-6-17(10-12)15(18)4-2-11-1-3-13-14(9-11)20-8-7-19-13;/h1-4,9,12H,5-8,10,16H2;1H/b4-2+;. The van der Waals surface area contributed by atoms with Gasteiger partial charge >= 0.3 is 0 Å². The average Bonchev–Trinajstić information content (AvgIpc) is 2.91. The van der Waals surface area contributed by atoms with Crippen LogP contribution in [-0.2, 0) is 4.79 Å². The topological polar surface area (TPSA) is 64.8 Å². The molecule has 1 aromatic carbocycles. The molecule has 21 heavy (non-hydrogen) atoms. The predicted molar refractivity (Wildman–Crippen MR) is 82.9 cm³/mol. The molecule has 2 aliphatic heterocycles. The van der Waals surface area contributed by atoms with E-state index in [4.69, 9.17) is 15.2 Å². The van der Waals surface area contributed by atoms with Crippen LogP contribution in [0.4, 0.5) is 0 Å². The highest BCUT2D eigenvalue weighted by Gasteiger charge is 2.21. The molecule has 0 saturated carbocycles. The van der Waals surface area contributed by atoms with Crippen molar-refractivity contribution in [3.05, 3.63) is 29.8 Å². The molecule has 0 bridgehead atoms. The fourth-order valence-corrected chi connectivity index (χ4v) is 2.42. The molecule has 1 saturated heterocycles. The number of hydrogen-bond donors (Lipinski definition) is 1. The summed E-state index contributed by atoms with van der Waals surface area (Å²) in [5.41, 5.74) is 6.72. The van der Waals surface area contributed by atoms with E-state index in [1.807, 2.05) is 18.2 Å². The Morgan fingerprint density at radius 3 is 2.76 bits per heavy atom. The van der Waals surface area contributed by atoms with Crippen LogP contribution in [0.25, 0.3) is 6.08 Å². The van der Waals surface area contributed by atoms with Gasteiger partial charge in [0.05, 0.1) is 0 Å². The number of ether oxygens (including phenoxy) is 2. The van der Waals surface area contributed by atoms with Gasteiger partial charge in [0.2, 0.25) is 5.91 Å². The van der Waals surface area contributed by atoms with Crippen LogP contribution in [0.3, 0.4) is 0 Å². The number of fused-ring (bicyclic) bond motifs is 1. The first-order valence-corrected chi connectivity index (χ1v) is 6.84. The maximum absolute atomic E-state index is 12.0. The van der Waals surface area contributed by atoms with E-state index < -0.39 is 0 Å². The zero-order valence-electron chi connectivity index (χ0n) is 11.7. The summed E-state index contributed by atoms with van der Waals surface area (Å²) >= 11 is 0. The summed E-state index contributed by atoms with van der Waals surface area (Å²) < 4.78 is 11.0. The molecule has 6 heteroatoms. The van der Waals surface area contributed by atoms with Crippen LogP contribution in [0.1, 0.15) is 12.0 Å². The highest BCUT2D eigenvalue weighted by atomic mass is 35.5. The number of carbonyl (C=O) groups is 1. The largest absolute Gasteiger partial charge is 0.486 e. The predicted octanol–water partition coefficient (Wildman–Crippen LogP) is 1.45. The Balaban J connectivity index is 0.00000161. The van der Waals surface area contributed by atoms with E-state index in [9.17, 15) is 4.79 Å². The third kappa shape index (κ3) is 3.68. The third-order valence-corrected chi connectivity index (χ3v) is 3.52. The Morgan fingerprint density at radius 2 is 2.05 bits per heavy atom. The van der Waals surface area contributed by atoms with Gasteiger partial charge in [-0.15, -0.1) is 12.4 Å². The summed E-state index contributed by atoms with van der Waals surface area (Å²) in [6, 6.07) is 5.77. The van der Waals surface area contributed by atoms with Gasteiger partial charge in [0.25, 0.3) is 0 Å². The summed E-state index contributed by atoms with van der Waals surface area (Å²) in [4.78, 5) is 13.8. The van der Waals surface area contributed by atoms with Gasteiger partial charge in [-0.3, -0.25) is 4.79 Å². The molecule has 1 unspecified atom stereocenters. The van der Waals surface area contributed by atoms with Crippen molar-refractivity contribution in [1.82, 2.24) is 4.90 Å². The van der Waals surface area contributed by atoms with Gasteiger partial charge in [-0.05, 0) is 30.2 Å². The second kappa shape index (κ2) is 6.83. The lowest BCUT2D eigenvalue weighted by Crippen LogP contribution is -2.30. The Bertz CT molecular complexity index is 548. The normalized spacial score (nSPS) is 20.4. The van der Waals surface area contributed by atoms with Gasteiger partial charge in [-0.25, -0.2) is 0 Å². The van der Waals surface area contributed by atoms with Crippen molar-refractivity contribution in [2.45, 2.75) is 12.5 Å². The van der Waals surface area contributed by atoms with E-state index >= 15 is 0 Å². The van der Waals surface area contributed by atoms with E-state index in [1.165, 1.54) is 0 Å². The van der Waals surface area contributed by atoms with Gasteiger partial charge in [0, 0.05) is 25.2 Å². The molecular weight excluding hydrogens is 292 g/mol. The van der Waals surface area contributed by atoms with Crippen molar-refractivity contribution < 1.29 is 14.3 Å². The van der Waals surface area contributed by atoms with Crippen LogP contribution in [0.15, 0.2) is 24.3 Å². The number of rotatable bonds is 2. The summed E-state index contributed by atoms with van der Waals surface area (Å²) in [6.45, 7) is 2.52. The van der Waals surface area contributed by atoms with Gasteiger partial charge in [-0.1, -0.05) is 6.07 Å². The Hall–Kier alpha value is -1.72. The van der Waals surface area contributed by atoms with Crippen molar-refractivity contribution in [2.24, 2.45) is 5.73 Å². The summed E-state index contributed by atoms with van der Waals surface area (Å²) in [5, 5.41) is 0. The fraction of sp³-hybridized carbons (Fsp3) is 0.400. The molecule has 1 aromatic rings. The van der Waals surface area contributed by atoms with Crippen LogP contribution in [0.5, 0.6) is 11.5 Å². The SMILES string of the molecule is Cl.NC1CCN(C(=O)/C=C/c2ccc3c(c2)OCCO3)C1. The molecule has 0 spiro atoms. The molecule has 2 aliphatic rings. The van der Waals surface area contributed by atoms with Gasteiger partial charge in [0.1, 0.15) is 13.2 Å². The molecule has 0 aromatic heterocycles. The van der Waals surface area contributed by atoms with Crippen molar-refractivity contribution in [2.75, 3.05) is 26.3 Å². The first-order chi connectivity index (χ1) is 9.72. The second-order valence-electron chi connectivity index (χ2n) is 5.07. The Kier molecular flexibility index (Phi) is 5.09. The van der Waals surface area contributed by atoms with Crippen LogP contribution in [0, 0.1) is 0 Å². The van der Waals surface area contributed by atoms with Crippen LogP contribution >= 0.6 is 12.4 Å². The maximum atomic E-state index is 12.0. The first kappa shape index (κ1) is 15.7. The highest BCUT2D eigenvalue weighted by Crippen LogP contribution is 2.31. The smallest absolute Gasteiger partial charge is 0.246 e. The number of carbonyl (C=O) groups excluding carboxylic acids is 1. The van der Waals surface area contributed by atoms with E-state index in [-0.39, 0.29) is 24.4 Å². The minimum absolute atomic E-state index is 0. The molecule has 3 rings (SSSR count). The second-order valence-corrected chi connectivity index (χ2v) is 5.07. The van der Waals surface area contributed by atoms with Crippen LogP contribution in [-0.4, -0.2) is 43.2 Å². The van der Waals surface area contributed by atoms with Crippen molar-refractivity contribution >= 4 is 24.4 Å². The lowest BCUT2D eigenvalue weighted by atomic mass is 10.2. The number of nitrogens with two attached hydrogens (primary N) is 1. The number of hydrogen-bond acceptors (Lipinski definition) is 4. The van der Waals surface area contributed by atoms with E-state index in [1.54, 1.807) is 17.1 Å². The van der Waals surface area contributed by atoms with Crippen LogP contribution in [0.2, 0.25) is 0 Å². The number of benzene rings is 1. The molecule has 1 amide bonds. The highest BCUT2D eigenvalue weighted by molar-refractivity contribution is 5.92. The Labute approximate surface area is 130 Å². The quantitative estimate of drug-likeness (QED) is 0.840. The monoisotopic (exact) mass is 310 g/mol. The number of amides is 1. The van der Waals surface area contributed by atoms with Crippen molar-refractivity contribution in [3.8, 4) is 11.5 Å². The van der Waals surface area contributed by atoms with E-state index in [0.717, 1.165) is 30.0 Å². The van der Waals surface area contributed by atoms with E-state index in [0.29, 0.717) is 19.8 Å². The molecule has 2 heterocycles. The summed E-state index contributed by atoms with van der Waals surface area (Å²) in [6.07, 6.45) is 4.26. The zero-order chi connectivity index (χ0) is 13.9. The molecule has 1 atom stereocenters. The molecule has 0 radical (unpaired) electrons. The van der Waals surface area contributed by atoms with E-state index in [2.05, 4.69) is 0 Å². The number of likely N-dealkylation sites (tertiary alicyclic amines) is 1. The fourth-order valence-electron chi connectivity index (χ4n) is 2.42. The minimum atomic E-state index is 0. The molecule has 2 N–H and O–H groups in total. The summed E-state index contributed by atoms with van der Waals surface area (Å²) in [7, 11) is 0. The molecule has 1 fully saturated rings. The number of nitrogens with zero attached hydrogens (tertiary/aromatic N) is 1. The van der Waals surface area contributed by atoms with Crippen LogP contribution < -0.4 is 15.2 Å². The lowest BCUT2D eigenvalue weighted by molar-refractivity contribution is -0.124. The average molecular weight is 311 g/mol. The van der Waals surface area contributed by atoms with Crippen molar-refractivity contribution in [3.63, 3.8) is 0 Å². The minimum Gasteiger partial charge on any atom is -0.486 e. The van der Waals surface area contributed by atoms with Gasteiger partial charge in [-0.2, -0.15) is 0 Å². The summed E-state index contributed by atoms with van der Waals surface area (Å²) in [5.74, 6) is 1.49. The number of halogens is 1. The molecule has 0 aliphatic carbocycles. The molecule has 114 valence electrons. The van der Waals surface area contributed by atoms with Crippen molar-refractivity contribution in [1.29, 1.82) is 0 Å². The van der Waals surface area contributed by atoms with Gasteiger partial charge in [0.15, 0.2) is 11.5 Å². The Morgan fingerprint density at radius 1 is 1.29 bits per heavy atom. The van der Waals surface area contributed by atoms with Gasteiger partial charge < -0.3 is 20.1 Å². The molecular formula is C15H19ClN2O3. The zero-order valence-corrected chi connectivity index (χ0v) is 12.5.